The molecule has 0 aromatic carbocycles. The molecule has 0 aliphatic heterocycles. The van der Waals surface area contributed by atoms with E-state index in [1.165, 1.54) is 257 Å². The number of aliphatic hydroxyl groups excluding tert-OH is 1. The number of rotatable bonds is 81. The van der Waals surface area contributed by atoms with Crippen LogP contribution in [0.2, 0.25) is 0 Å². The third-order valence-electron chi connectivity index (χ3n) is 19.0. The zero-order chi connectivity index (χ0) is 73.4. The van der Waals surface area contributed by atoms with Gasteiger partial charge in [-0.2, -0.15) is 0 Å². The second-order valence-electron chi connectivity index (χ2n) is 29.6. The summed E-state index contributed by atoms with van der Waals surface area (Å²) < 4.78 is 68.7. The van der Waals surface area contributed by atoms with Gasteiger partial charge in [-0.05, 0) is 31.6 Å². The summed E-state index contributed by atoms with van der Waals surface area (Å²) in [6.45, 7) is 7.35. The van der Waals surface area contributed by atoms with E-state index < -0.39 is 97.5 Å². The Morgan fingerprint density at radius 3 is 0.680 bits per heavy atom. The number of unbranched alkanes of at least 4 members (excludes halogenated alkanes) is 53. The van der Waals surface area contributed by atoms with Crippen LogP contribution in [0.1, 0.15) is 433 Å². The predicted octanol–water partition coefficient (Wildman–Crippen LogP) is 24.4. The molecule has 100 heavy (non-hydrogen) atoms. The third kappa shape index (κ3) is 74.3. The first-order chi connectivity index (χ1) is 48.5. The average molecular weight is 1470 g/mol. The molecule has 0 aliphatic carbocycles. The molecule has 0 saturated carbocycles. The SMILES string of the molecule is CCCCCCCCCCCCCCCCCCCCCCC(=O)O[C@H](COC(=O)CCCCCCCCCCCCCCCC(C)C)COP(=O)(O)OC[C@@H](O)COP(=O)(O)OC[C@@H](COC(=O)CCCCCCCCCCCCC)OC(=O)CCCCCCCCCCCCCCC. The summed E-state index contributed by atoms with van der Waals surface area (Å²) in [5, 5.41) is 10.6. The fourth-order valence-electron chi connectivity index (χ4n) is 12.6. The lowest BCUT2D eigenvalue weighted by Gasteiger charge is -2.21. The van der Waals surface area contributed by atoms with Gasteiger partial charge in [-0.15, -0.1) is 0 Å². The van der Waals surface area contributed by atoms with Crippen molar-refractivity contribution in [2.75, 3.05) is 39.6 Å². The van der Waals surface area contributed by atoms with Crippen molar-refractivity contribution < 1.29 is 80.2 Å². The van der Waals surface area contributed by atoms with Crippen molar-refractivity contribution in [2.45, 2.75) is 451 Å². The molecule has 0 heterocycles. The molecular formula is C81H158O17P2. The van der Waals surface area contributed by atoms with Crippen LogP contribution in [0, 0.1) is 5.92 Å². The Balaban J connectivity index is 5.23. The molecule has 0 bridgehead atoms. The molecule has 0 amide bonds. The Labute approximate surface area is 613 Å². The van der Waals surface area contributed by atoms with Crippen LogP contribution < -0.4 is 0 Å². The number of hydrogen-bond acceptors (Lipinski definition) is 15. The standard InChI is InChI=1S/C81H158O17P2/c1-6-9-12-15-18-21-24-26-27-28-29-30-31-32-36-42-47-52-57-62-67-81(86)98-77(71-92-79(84)65-60-55-50-45-40-37-33-35-39-43-48-53-58-63-74(4)5)73-96-100(89,90)94-69-75(82)68-93-99(87,88)95-72-76(70-91-78(83)64-59-54-49-44-38-23-20-17-14-11-8-3)97-80(85)66-61-56-51-46-41-34-25-22-19-16-13-10-7-2/h74-77,82H,6-73H2,1-5H3,(H,87,88)(H,89,90)/t75-,76+,77+/m0/s1. The van der Waals surface area contributed by atoms with E-state index in [9.17, 15) is 43.2 Å². The first kappa shape index (κ1) is 98.1. The fraction of sp³-hybridized carbons (Fsp3) is 0.951. The second kappa shape index (κ2) is 73.9. The molecule has 3 N–H and O–H groups in total. The van der Waals surface area contributed by atoms with Gasteiger partial charge >= 0.3 is 39.5 Å². The van der Waals surface area contributed by atoms with Crippen LogP contribution in [0.5, 0.6) is 0 Å². The Morgan fingerprint density at radius 2 is 0.460 bits per heavy atom. The molecule has 0 aromatic rings. The summed E-state index contributed by atoms with van der Waals surface area (Å²) in [6.07, 6.45) is 65.1. The number of phosphoric acid groups is 2. The largest absolute Gasteiger partial charge is 0.472 e. The molecule has 0 radical (unpaired) electrons. The lowest BCUT2D eigenvalue weighted by atomic mass is 10.0. The molecule has 0 saturated heterocycles. The highest BCUT2D eigenvalue weighted by molar-refractivity contribution is 7.47. The molecule has 0 spiro atoms. The fourth-order valence-corrected chi connectivity index (χ4v) is 14.2. The highest BCUT2D eigenvalue weighted by atomic mass is 31.2. The summed E-state index contributed by atoms with van der Waals surface area (Å²) in [7, 11) is -9.92. The first-order valence-corrected chi connectivity index (χ1v) is 45.1. The summed E-state index contributed by atoms with van der Waals surface area (Å²) >= 11 is 0. The molecule has 19 heteroatoms. The Bertz CT molecular complexity index is 1910. The van der Waals surface area contributed by atoms with Crippen molar-refractivity contribution in [1.29, 1.82) is 0 Å². The number of esters is 4. The molecule has 2 unspecified atom stereocenters. The summed E-state index contributed by atoms with van der Waals surface area (Å²) in [5.74, 6) is -1.31. The molecule has 17 nitrogen and oxygen atoms in total. The maximum atomic E-state index is 13.1. The normalized spacial score (nSPS) is 13.8. The minimum absolute atomic E-state index is 0.108. The van der Waals surface area contributed by atoms with Crippen molar-refractivity contribution in [3.63, 3.8) is 0 Å². The van der Waals surface area contributed by atoms with Crippen molar-refractivity contribution in [3.8, 4) is 0 Å². The van der Waals surface area contributed by atoms with Crippen LogP contribution in [0.25, 0.3) is 0 Å². The number of ether oxygens (including phenoxy) is 4. The maximum absolute atomic E-state index is 13.1. The van der Waals surface area contributed by atoms with Gasteiger partial charge in [0.2, 0.25) is 0 Å². The van der Waals surface area contributed by atoms with Crippen LogP contribution in [0.3, 0.4) is 0 Å². The van der Waals surface area contributed by atoms with Crippen molar-refractivity contribution in [2.24, 2.45) is 5.92 Å². The Hall–Kier alpha value is -1.94. The van der Waals surface area contributed by atoms with E-state index in [4.69, 9.17) is 37.0 Å². The second-order valence-corrected chi connectivity index (χ2v) is 32.5. The van der Waals surface area contributed by atoms with Gasteiger partial charge in [0.05, 0.1) is 26.4 Å². The number of hydrogen-bond donors (Lipinski definition) is 3. The molecule has 0 aliphatic rings. The summed E-state index contributed by atoms with van der Waals surface area (Å²) in [6, 6.07) is 0. The lowest BCUT2D eigenvalue weighted by Crippen LogP contribution is -2.30. The number of carbonyl (C=O) groups excluding carboxylic acids is 4. The van der Waals surface area contributed by atoms with Crippen LogP contribution in [-0.2, 0) is 65.4 Å². The molecular weight excluding hydrogens is 1310 g/mol. The van der Waals surface area contributed by atoms with Gasteiger partial charge in [-0.3, -0.25) is 37.3 Å². The molecule has 594 valence electrons. The third-order valence-corrected chi connectivity index (χ3v) is 20.9. The van der Waals surface area contributed by atoms with Crippen molar-refractivity contribution in [3.05, 3.63) is 0 Å². The van der Waals surface area contributed by atoms with Crippen LogP contribution in [0.4, 0.5) is 0 Å². The predicted molar refractivity (Wildman–Crippen MR) is 409 cm³/mol. The maximum Gasteiger partial charge on any atom is 0.472 e. The quantitative estimate of drug-likeness (QED) is 0.0222. The average Bonchev–Trinajstić information content (AvgIpc) is 0.929. The van der Waals surface area contributed by atoms with Gasteiger partial charge in [-0.1, -0.05) is 381 Å². The Kier molecular flexibility index (Phi) is 72.5. The van der Waals surface area contributed by atoms with Crippen molar-refractivity contribution in [1.82, 2.24) is 0 Å². The highest BCUT2D eigenvalue weighted by Crippen LogP contribution is 2.45. The summed E-state index contributed by atoms with van der Waals surface area (Å²) in [4.78, 5) is 73.0. The number of aliphatic hydroxyl groups is 1. The highest BCUT2D eigenvalue weighted by Gasteiger charge is 2.30. The zero-order valence-corrected chi connectivity index (χ0v) is 67.1. The topological polar surface area (TPSA) is 237 Å². The number of phosphoric ester groups is 2. The van der Waals surface area contributed by atoms with E-state index in [1.807, 2.05) is 0 Å². The van der Waals surface area contributed by atoms with Gasteiger partial charge in [0.1, 0.15) is 19.3 Å². The molecule has 5 atom stereocenters. The minimum Gasteiger partial charge on any atom is -0.462 e. The van der Waals surface area contributed by atoms with Gasteiger partial charge < -0.3 is 33.8 Å². The van der Waals surface area contributed by atoms with Crippen molar-refractivity contribution >= 4 is 39.5 Å². The van der Waals surface area contributed by atoms with Gasteiger partial charge in [0, 0.05) is 25.7 Å². The molecule has 0 fully saturated rings. The van der Waals surface area contributed by atoms with E-state index >= 15 is 0 Å². The summed E-state index contributed by atoms with van der Waals surface area (Å²) in [5.41, 5.74) is 0. The van der Waals surface area contributed by atoms with Crippen LogP contribution in [-0.4, -0.2) is 96.7 Å². The zero-order valence-electron chi connectivity index (χ0n) is 65.3. The molecule has 0 rings (SSSR count). The van der Waals surface area contributed by atoms with E-state index in [-0.39, 0.29) is 25.7 Å². The lowest BCUT2D eigenvalue weighted by molar-refractivity contribution is -0.161. The number of carbonyl (C=O) groups is 4. The van der Waals surface area contributed by atoms with Crippen LogP contribution >= 0.6 is 15.6 Å². The van der Waals surface area contributed by atoms with E-state index in [1.54, 1.807) is 0 Å². The minimum atomic E-state index is -4.96. The monoisotopic (exact) mass is 1470 g/mol. The molecule has 0 aromatic heterocycles. The first-order valence-electron chi connectivity index (χ1n) is 42.1. The van der Waals surface area contributed by atoms with E-state index in [0.29, 0.717) is 25.7 Å². The van der Waals surface area contributed by atoms with Gasteiger partial charge in [0.25, 0.3) is 0 Å². The Morgan fingerprint density at radius 1 is 0.270 bits per heavy atom. The van der Waals surface area contributed by atoms with E-state index in [0.717, 1.165) is 95.8 Å². The van der Waals surface area contributed by atoms with Gasteiger partial charge in [-0.25, -0.2) is 9.13 Å². The van der Waals surface area contributed by atoms with Gasteiger partial charge in [0.15, 0.2) is 12.2 Å². The van der Waals surface area contributed by atoms with Crippen LogP contribution in [0.15, 0.2) is 0 Å². The van der Waals surface area contributed by atoms with E-state index in [2.05, 4.69) is 34.6 Å². The smallest absolute Gasteiger partial charge is 0.462 e.